The van der Waals surface area contributed by atoms with E-state index in [1.54, 1.807) is 12.1 Å². The summed E-state index contributed by atoms with van der Waals surface area (Å²) in [5.41, 5.74) is 0.694. The van der Waals surface area contributed by atoms with E-state index in [9.17, 15) is 9.18 Å². The van der Waals surface area contributed by atoms with Crippen LogP contribution in [-0.2, 0) is 4.79 Å². The second-order valence-electron chi connectivity index (χ2n) is 5.28. The molecular weight excluding hydrogens is 217 g/mol. The van der Waals surface area contributed by atoms with Crippen molar-refractivity contribution in [1.82, 2.24) is 0 Å². The lowest BCUT2D eigenvalue weighted by atomic mass is 9.88. The van der Waals surface area contributed by atoms with Gasteiger partial charge in [0.05, 0.1) is 0 Å². The Labute approximate surface area is 100 Å². The van der Waals surface area contributed by atoms with Crippen molar-refractivity contribution in [1.29, 1.82) is 0 Å². The Hall–Kier alpha value is -1.38. The monoisotopic (exact) mass is 233 g/mol. The number of halogens is 1. The Balaban J connectivity index is 1.65. The lowest BCUT2D eigenvalue weighted by Crippen LogP contribution is -2.27. The number of anilines is 1. The number of carbonyl (C=O) groups excluding carboxylic acids is 1. The van der Waals surface area contributed by atoms with E-state index in [4.69, 9.17) is 0 Å². The number of amides is 1. The molecule has 0 saturated heterocycles. The lowest BCUT2D eigenvalue weighted by Gasteiger charge is -2.20. The van der Waals surface area contributed by atoms with Crippen molar-refractivity contribution in [2.45, 2.75) is 25.7 Å². The SMILES string of the molecule is O=C(Nc1ccc(F)cc1)[C@H]1C[C@@H]2CC[C@H]1C2. The molecule has 2 aliphatic carbocycles. The van der Waals surface area contributed by atoms with Crippen molar-refractivity contribution in [2.75, 3.05) is 5.32 Å². The quantitative estimate of drug-likeness (QED) is 0.835. The third-order valence-electron chi connectivity index (χ3n) is 4.19. The Morgan fingerprint density at radius 3 is 2.53 bits per heavy atom. The van der Waals surface area contributed by atoms with Crippen LogP contribution < -0.4 is 5.32 Å². The maximum Gasteiger partial charge on any atom is 0.227 e. The van der Waals surface area contributed by atoms with Crippen LogP contribution in [0, 0.1) is 23.6 Å². The summed E-state index contributed by atoms with van der Waals surface area (Å²) in [6.07, 6.45) is 4.76. The minimum Gasteiger partial charge on any atom is -0.326 e. The molecule has 0 heterocycles. The van der Waals surface area contributed by atoms with E-state index in [1.807, 2.05) is 0 Å². The molecule has 0 aliphatic heterocycles. The molecule has 3 rings (SSSR count). The first-order valence-corrected chi connectivity index (χ1v) is 6.29. The number of fused-ring (bicyclic) bond motifs is 2. The number of carbonyl (C=O) groups is 1. The summed E-state index contributed by atoms with van der Waals surface area (Å²) in [6, 6.07) is 5.97. The predicted molar refractivity (Wildman–Crippen MR) is 64.0 cm³/mol. The molecule has 2 aliphatic rings. The van der Waals surface area contributed by atoms with Gasteiger partial charge in [0.25, 0.3) is 0 Å². The summed E-state index contributed by atoms with van der Waals surface area (Å²) in [7, 11) is 0. The van der Waals surface area contributed by atoms with Crippen LogP contribution in [0.4, 0.5) is 10.1 Å². The molecule has 2 nitrogen and oxygen atoms in total. The molecule has 0 radical (unpaired) electrons. The van der Waals surface area contributed by atoms with Gasteiger partial charge in [-0.2, -0.15) is 0 Å². The van der Waals surface area contributed by atoms with E-state index in [1.165, 1.54) is 31.4 Å². The Kier molecular flexibility index (Phi) is 2.61. The topological polar surface area (TPSA) is 29.1 Å². The molecule has 17 heavy (non-hydrogen) atoms. The lowest BCUT2D eigenvalue weighted by molar-refractivity contribution is -0.121. The first kappa shape index (κ1) is 10.8. The molecule has 2 saturated carbocycles. The first-order chi connectivity index (χ1) is 8.22. The summed E-state index contributed by atoms with van der Waals surface area (Å²) in [5, 5.41) is 2.89. The van der Waals surface area contributed by atoms with E-state index in [2.05, 4.69) is 5.32 Å². The fourth-order valence-electron chi connectivity index (χ4n) is 3.33. The molecular formula is C14H16FNO. The fourth-order valence-corrected chi connectivity index (χ4v) is 3.33. The van der Waals surface area contributed by atoms with Gasteiger partial charge in [-0.05, 0) is 55.4 Å². The number of nitrogens with one attached hydrogen (secondary N) is 1. The Morgan fingerprint density at radius 1 is 1.18 bits per heavy atom. The van der Waals surface area contributed by atoms with Crippen LogP contribution >= 0.6 is 0 Å². The Morgan fingerprint density at radius 2 is 1.94 bits per heavy atom. The van der Waals surface area contributed by atoms with Gasteiger partial charge >= 0.3 is 0 Å². The molecule has 0 spiro atoms. The van der Waals surface area contributed by atoms with Gasteiger partial charge in [0, 0.05) is 11.6 Å². The average Bonchev–Trinajstić information content (AvgIpc) is 2.94. The van der Waals surface area contributed by atoms with Crippen LogP contribution in [-0.4, -0.2) is 5.91 Å². The standard InChI is InChI=1S/C14H16FNO/c15-11-3-5-12(6-4-11)16-14(17)13-8-9-1-2-10(13)7-9/h3-6,9-10,13H,1-2,7-8H2,(H,16,17)/t9-,10+,13+/m1/s1. The number of rotatable bonds is 2. The van der Waals surface area contributed by atoms with Gasteiger partial charge in [-0.25, -0.2) is 4.39 Å². The Bertz CT molecular complexity index is 428. The smallest absolute Gasteiger partial charge is 0.227 e. The van der Waals surface area contributed by atoms with Gasteiger partial charge in [-0.15, -0.1) is 0 Å². The van der Waals surface area contributed by atoms with E-state index in [0.29, 0.717) is 11.6 Å². The van der Waals surface area contributed by atoms with Crippen LogP contribution in [0.3, 0.4) is 0 Å². The number of hydrogen-bond acceptors (Lipinski definition) is 1. The van der Waals surface area contributed by atoms with Crippen LogP contribution in [0.2, 0.25) is 0 Å². The third kappa shape index (κ3) is 2.06. The van der Waals surface area contributed by atoms with E-state index < -0.39 is 0 Å². The first-order valence-electron chi connectivity index (χ1n) is 6.29. The molecule has 90 valence electrons. The van der Waals surface area contributed by atoms with Crippen molar-refractivity contribution >= 4 is 11.6 Å². The minimum absolute atomic E-state index is 0.115. The van der Waals surface area contributed by atoms with Gasteiger partial charge in [-0.3, -0.25) is 4.79 Å². The number of hydrogen-bond donors (Lipinski definition) is 1. The predicted octanol–water partition coefficient (Wildman–Crippen LogP) is 3.20. The molecule has 3 heteroatoms. The summed E-state index contributed by atoms with van der Waals surface area (Å²) in [6.45, 7) is 0. The highest BCUT2D eigenvalue weighted by Gasteiger charge is 2.42. The molecule has 2 bridgehead atoms. The maximum absolute atomic E-state index is 12.7. The second kappa shape index (κ2) is 4.13. The normalized spacial score (nSPS) is 30.5. The average molecular weight is 233 g/mol. The highest BCUT2D eigenvalue weighted by molar-refractivity contribution is 5.93. The minimum atomic E-state index is -0.275. The summed E-state index contributed by atoms with van der Waals surface area (Å²) in [4.78, 5) is 12.1. The van der Waals surface area contributed by atoms with Crippen molar-refractivity contribution in [3.63, 3.8) is 0 Å². The third-order valence-corrected chi connectivity index (χ3v) is 4.19. The van der Waals surface area contributed by atoms with E-state index >= 15 is 0 Å². The van der Waals surface area contributed by atoms with Crippen LogP contribution in [0.5, 0.6) is 0 Å². The largest absolute Gasteiger partial charge is 0.326 e. The number of benzene rings is 1. The van der Waals surface area contributed by atoms with Crippen molar-refractivity contribution in [2.24, 2.45) is 17.8 Å². The zero-order valence-corrected chi connectivity index (χ0v) is 9.66. The molecule has 1 aromatic rings. The second-order valence-corrected chi connectivity index (χ2v) is 5.28. The van der Waals surface area contributed by atoms with Crippen molar-refractivity contribution in [3.05, 3.63) is 30.1 Å². The summed E-state index contributed by atoms with van der Waals surface area (Å²) < 4.78 is 12.7. The van der Waals surface area contributed by atoms with Crippen LogP contribution in [0.15, 0.2) is 24.3 Å². The molecule has 0 aromatic heterocycles. The van der Waals surface area contributed by atoms with Gasteiger partial charge in [0.1, 0.15) is 5.82 Å². The van der Waals surface area contributed by atoms with Crippen LogP contribution in [0.25, 0.3) is 0 Å². The van der Waals surface area contributed by atoms with E-state index in [0.717, 1.165) is 12.3 Å². The van der Waals surface area contributed by atoms with Gasteiger partial charge in [-0.1, -0.05) is 6.42 Å². The molecule has 0 unspecified atom stereocenters. The summed E-state index contributed by atoms with van der Waals surface area (Å²) >= 11 is 0. The fraction of sp³-hybridized carbons (Fsp3) is 0.500. The molecule has 1 aromatic carbocycles. The van der Waals surface area contributed by atoms with Crippen molar-refractivity contribution < 1.29 is 9.18 Å². The zero-order chi connectivity index (χ0) is 11.8. The molecule has 2 fully saturated rings. The highest BCUT2D eigenvalue weighted by Crippen LogP contribution is 2.48. The van der Waals surface area contributed by atoms with Gasteiger partial charge in [0.15, 0.2) is 0 Å². The summed E-state index contributed by atoms with van der Waals surface area (Å²) in [5.74, 6) is 1.37. The van der Waals surface area contributed by atoms with E-state index in [-0.39, 0.29) is 17.6 Å². The zero-order valence-electron chi connectivity index (χ0n) is 9.66. The highest BCUT2D eigenvalue weighted by atomic mass is 19.1. The molecule has 1 N–H and O–H groups in total. The van der Waals surface area contributed by atoms with Gasteiger partial charge < -0.3 is 5.32 Å². The van der Waals surface area contributed by atoms with Crippen molar-refractivity contribution in [3.8, 4) is 0 Å². The molecule has 1 amide bonds. The van der Waals surface area contributed by atoms with Gasteiger partial charge in [0.2, 0.25) is 5.91 Å². The maximum atomic E-state index is 12.7. The molecule has 3 atom stereocenters. The van der Waals surface area contributed by atoms with Crippen LogP contribution in [0.1, 0.15) is 25.7 Å².